The second-order valence-electron chi connectivity index (χ2n) is 17.9. The van der Waals surface area contributed by atoms with Gasteiger partial charge in [0.2, 0.25) is 0 Å². The first-order chi connectivity index (χ1) is 23.5. The number of ether oxygens (including phenoxy) is 4. The molecule has 6 aliphatic carbocycles. The molecule has 8 fully saturated rings. The fraction of sp³-hybridized carbons (Fsp3) is 0.878. The molecule has 9 heteroatoms. The Morgan fingerprint density at radius 1 is 0.840 bits per heavy atom. The van der Waals surface area contributed by atoms with Crippen LogP contribution in [-0.4, -0.2) is 48.2 Å². The van der Waals surface area contributed by atoms with Gasteiger partial charge in [-0.25, -0.2) is 0 Å². The van der Waals surface area contributed by atoms with E-state index < -0.39 is 11.9 Å². The summed E-state index contributed by atoms with van der Waals surface area (Å²) in [6, 6.07) is 0. The standard InChI is InChI=1S/C18H30O2.C17H26O4.C6H8O3/c1-5-17(3,4)16(19)20-18(6-2)14-8-12-7-13(10-14)11-15(18)9-12;1-9-10(2)15-7-12(9)6-13(15)8-16(21-11(3)18)14-4-5-20-17(14)19;1-3-4(2)6(8)9-5(3)7/h12-15H,5-11H2,1-4H3;9-10,12-16H,4-8H2,1-3H3;3-4H,1-2H3. The summed E-state index contributed by atoms with van der Waals surface area (Å²) in [6.45, 7) is 18.4. The molecule has 0 radical (unpaired) electrons. The van der Waals surface area contributed by atoms with Crippen LogP contribution in [0.4, 0.5) is 0 Å². The lowest BCUT2D eigenvalue weighted by Crippen LogP contribution is -2.60. The summed E-state index contributed by atoms with van der Waals surface area (Å²) < 4.78 is 21.1. The summed E-state index contributed by atoms with van der Waals surface area (Å²) in [4.78, 5) is 57.0. The third kappa shape index (κ3) is 7.67. The third-order valence-corrected chi connectivity index (χ3v) is 14.8. The molecule has 2 aliphatic heterocycles. The van der Waals surface area contributed by atoms with E-state index in [9.17, 15) is 24.0 Å². The van der Waals surface area contributed by atoms with E-state index in [0.717, 1.165) is 54.8 Å². The summed E-state index contributed by atoms with van der Waals surface area (Å²) in [5.74, 6) is 4.87. The van der Waals surface area contributed by atoms with Crippen molar-refractivity contribution >= 4 is 29.8 Å². The fourth-order valence-corrected chi connectivity index (χ4v) is 11.0. The van der Waals surface area contributed by atoms with Gasteiger partial charge in [-0.2, -0.15) is 0 Å². The Kier molecular flexibility index (Phi) is 11.8. The average molecular weight is 701 g/mol. The second-order valence-corrected chi connectivity index (χ2v) is 17.9. The van der Waals surface area contributed by atoms with Crippen LogP contribution in [0.5, 0.6) is 0 Å². The predicted octanol–water partition coefficient (Wildman–Crippen LogP) is 7.71. The van der Waals surface area contributed by atoms with Crippen molar-refractivity contribution in [2.75, 3.05) is 6.61 Å². The molecular weight excluding hydrogens is 636 g/mol. The summed E-state index contributed by atoms with van der Waals surface area (Å²) >= 11 is 0. The van der Waals surface area contributed by atoms with Gasteiger partial charge >= 0.3 is 29.8 Å². The number of esters is 5. The monoisotopic (exact) mass is 700 g/mol. The maximum atomic E-state index is 12.6. The predicted molar refractivity (Wildman–Crippen MR) is 187 cm³/mol. The quantitative estimate of drug-likeness (QED) is 0.142. The van der Waals surface area contributed by atoms with Gasteiger partial charge in [0.15, 0.2) is 0 Å². The van der Waals surface area contributed by atoms with Crippen LogP contribution in [0.3, 0.4) is 0 Å². The maximum Gasteiger partial charge on any atom is 0.317 e. The van der Waals surface area contributed by atoms with E-state index >= 15 is 0 Å². The smallest absolute Gasteiger partial charge is 0.317 e. The minimum absolute atomic E-state index is 0.0364. The van der Waals surface area contributed by atoms with E-state index in [2.05, 4.69) is 32.4 Å². The number of rotatable bonds is 8. The molecule has 0 aromatic carbocycles. The van der Waals surface area contributed by atoms with E-state index in [1.807, 2.05) is 13.8 Å². The minimum Gasteiger partial charge on any atom is -0.465 e. The first-order valence-corrected chi connectivity index (χ1v) is 19.8. The van der Waals surface area contributed by atoms with Gasteiger partial charge in [-0.15, -0.1) is 0 Å². The lowest BCUT2D eigenvalue weighted by Gasteiger charge is -2.60. The zero-order chi connectivity index (χ0) is 36.7. The molecule has 0 N–H and O–H groups in total. The van der Waals surface area contributed by atoms with E-state index in [0.29, 0.717) is 30.8 Å². The number of hydrogen-bond acceptors (Lipinski definition) is 9. The SMILES string of the molecule is CC(=O)OC(CC1CC2CC1C(C)C2C)C1CCOC1=O.CC1C(=O)OC(=O)C1C.CCC(C)(C)C(=O)OC1(CC)C2CC3CC(C2)CC1C3. The lowest BCUT2D eigenvalue weighted by molar-refractivity contribution is -0.218. The Morgan fingerprint density at radius 2 is 1.42 bits per heavy atom. The number of hydrogen-bond donors (Lipinski definition) is 0. The van der Waals surface area contributed by atoms with Crippen LogP contribution in [-0.2, 0) is 42.9 Å². The number of carbonyl (C=O) groups is 5. The average Bonchev–Trinajstić information content (AvgIpc) is 3.81. The van der Waals surface area contributed by atoms with E-state index in [4.69, 9.17) is 14.2 Å². The van der Waals surface area contributed by atoms with E-state index in [-0.39, 0.29) is 52.8 Å². The van der Waals surface area contributed by atoms with Crippen molar-refractivity contribution in [2.45, 2.75) is 145 Å². The third-order valence-electron chi connectivity index (χ3n) is 14.8. The molecular formula is C41H64O9. The minimum atomic E-state index is -0.396. The summed E-state index contributed by atoms with van der Waals surface area (Å²) in [7, 11) is 0. The molecule has 9 atom stereocenters. The highest BCUT2D eigenvalue weighted by atomic mass is 16.6. The van der Waals surface area contributed by atoms with E-state index in [1.54, 1.807) is 13.8 Å². The van der Waals surface area contributed by atoms with Crippen LogP contribution >= 0.6 is 0 Å². The maximum absolute atomic E-state index is 12.6. The first kappa shape index (κ1) is 38.8. The van der Waals surface area contributed by atoms with Crippen molar-refractivity contribution in [1.29, 1.82) is 0 Å². The highest BCUT2D eigenvalue weighted by Gasteiger charge is 2.59. The van der Waals surface area contributed by atoms with Crippen molar-refractivity contribution in [1.82, 2.24) is 0 Å². The Morgan fingerprint density at radius 3 is 1.82 bits per heavy atom. The molecule has 6 saturated carbocycles. The zero-order valence-electron chi connectivity index (χ0n) is 32.2. The summed E-state index contributed by atoms with van der Waals surface area (Å²) in [6.07, 6.45) is 12.3. The molecule has 8 aliphatic rings. The summed E-state index contributed by atoms with van der Waals surface area (Å²) in [5.41, 5.74) is -0.465. The highest BCUT2D eigenvalue weighted by molar-refractivity contribution is 5.95. The van der Waals surface area contributed by atoms with Crippen LogP contribution < -0.4 is 0 Å². The molecule has 0 amide bonds. The first-order valence-electron chi connectivity index (χ1n) is 19.8. The van der Waals surface area contributed by atoms with Crippen molar-refractivity contribution in [3.05, 3.63) is 0 Å². The van der Waals surface area contributed by atoms with E-state index in [1.165, 1.54) is 51.9 Å². The van der Waals surface area contributed by atoms with Gasteiger partial charge < -0.3 is 18.9 Å². The van der Waals surface area contributed by atoms with Crippen LogP contribution in [0, 0.1) is 76.4 Å². The molecule has 50 heavy (non-hydrogen) atoms. The van der Waals surface area contributed by atoms with Gasteiger partial charge in [0.1, 0.15) is 11.7 Å². The fourth-order valence-electron chi connectivity index (χ4n) is 11.0. The van der Waals surface area contributed by atoms with Gasteiger partial charge in [-0.1, -0.05) is 41.5 Å². The molecule has 9 nitrogen and oxygen atoms in total. The Hall–Kier alpha value is -2.45. The van der Waals surface area contributed by atoms with Crippen molar-refractivity contribution in [3.63, 3.8) is 0 Å². The molecule has 0 aromatic rings. The Bertz CT molecular complexity index is 1240. The van der Waals surface area contributed by atoms with Crippen LogP contribution in [0.15, 0.2) is 0 Å². The number of fused-ring (bicyclic) bond motifs is 2. The highest BCUT2D eigenvalue weighted by Crippen LogP contribution is 2.61. The molecule has 8 rings (SSSR count). The van der Waals surface area contributed by atoms with Gasteiger partial charge in [-0.05, 0) is 138 Å². The summed E-state index contributed by atoms with van der Waals surface area (Å²) in [5, 5.41) is 0. The van der Waals surface area contributed by atoms with Crippen molar-refractivity contribution in [2.24, 2.45) is 76.4 Å². The second kappa shape index (κ2) is 15.3. The molecule has 282 valence electrons. The molecule has 0 spiro atoms. The molecule has 6 bridgehead atoms. The van der Waals surface area contributed by atoms with Crippen LogP contribution in [0.1, 0.15) is 133 Å². The molecule has 2 saturated heterocycles. The lowest BCUT2D eigenvalue weighted by atomic mass is 9.49. The molecule has 9 unspecified atom stereocenters. The van der Waals surface area contributed by atoms with Crippen LogP contribution in [0.25, 0.3) is 0 Å². The Labute approximate surface area is 300 Å². The van der Waals surface area contributed by atoms with Gasteiger partial charge in [0.05, 0.1) is 29.8 Å². The molecule has 2 heterocycles. The largest absolute Gasteiger partial charge is 0.465 e. The van der Waals surface area contributed by atoms with Gasteiger partial charge in [-0.3, -0.25) is 24.0 Å². The Balaban J connectivity index is 0.000000157. The van der Waals surface area contributed by atoms with Crippen molar-refractivity contribution in [3.8, 4) is 0 Å². The number of cyclic esters (lactones) is 3. The van der Waals surface area contributed by atoms with Crippen LogP contribution in [0.2, 0.25) is 0 Å². The molecule has 0 aromatic heterocycles. The zero-order valence-corrected chi connectivity index (χ0v) is 32.2. The number of carbonyl (C=O) groups excluding carboxylic acids is 5. The topological polar surface area (TPSA) is 122 Å². The normalized spacial score (nSPS) is 41.4. The van der Waals surface area contributed by atoms with Gasteiger partial charge in [0.25, 0.3) is 0 Å². The van der Waals surface area contributed by atoms with Gasteiger partial charge in [0, 0.05) is 6.92 Å². The van der Waals surface area contributed by atoms with Crippen molar-refractivity contribution < 1.29 is 42.9 Å².